The lowest BCUT2D eigenvalue weighted by Gasteiger charge is -2.30. The molecule has 0 aromatic carbocycles. The molecule has 1 unspecified atom stereocenters. The van der Waals surface area contributed by atoms with Gasteiger partial charge < -0.3 is 4.90 Å². The van der Waals surface area contributed by atoms with E-state index in [0.717, 1.165) is 38.6 Å². The van der Waals surface area contributed by atoms with Crippen molar-refractivity contribution in [2.75, 3.05) is 7.05 Å². The summed E-state index contributed by atoms with van der Waals surface area (Å²) in [6, 6.07) is 0.151. The van der Waals surface area contributed by atoms with Gasteiger partial charge in [0.2, 0.25) is 0 Å². The molecule has 0 fully saturated rings. The summed E-state index contributed by atoms with van der Waals surface area (Å²) in [5, 5.41) is 5.45. The maximum Gasteiger partial charge on any atom is 0.257 e. The molecule has 2 aromatic heterocycles. The molecule has 0 spiro atoms. The minimum absolute atomic E-state index is 0.0525. The van der Waals surface area contributed by atoms with Gasteiger partial charge in [-0.05, 0) is 32.1 Å². The van der Waals surface area contributed by atoms with Crippen LogP contribution in [0.25, 0.3) is 0 Å². The van der Waals surface area contributed by atoms with Gasteiger partial charge in [0.15, 0.2) is 0 Å². The Morgan fingerprint density at radius 2 is 2.30 bits per heavy atom. The van der Waals surface area contributed by atoms with Gasteiger partial charge >= 0.3 is 0 Å². The first-order valence-electron chi connectivity index (χ1n) is 8.42. The second kappa shape index (κ2) is 6.83. The Morgan fingerprint density at radius 3 is 3.04 bits per heavy atom. The summed E-state index contributed by atoms with van der Waals surface area (Å²) in [5.41, 5.74) is 1.87. The van der Waals surface area contributed by atoms with Crippen LogP contribution in [-0.2, 0) is 19.4 Å². The van der Waals surface area contributed by atoms with Gasteiger partial charge in [-0.15, -0.1) is 11.3 Å². The molecular weight excluding hydrogens is 308 g/mol. The van der Waals surface area contributed by atoms with Crippen molar-refractivity contribution in [1.29, 1.82) is 0 Å². The predicted molar refractivity (Wildman–Crippen MR) is 91.8 cm³/mol. The fourth-order valence-electron chi connectivity index (χ4n) is 3.14. The number of aryl methyl sites for hydroxylation is 3. The first kappa shape index (κ1) is 16.2. The normalized spacial score (nSPS) is 17.1. The highest BCUT2D eigenvalue weighted by Gasteiger charge is 2.30. The maximum atomic E-state index is 12.8. The molecule has 0 N–H and O–H groups in total. The van der Waals surface area contributed by atoms with E-state index in [-0.39, 0.29) is 11.9 Å². The maximum absolute atomic E-state index is 12.8. The Kier molecular flexibility index (Phi) is 4.80. The molecule has 124 valence electrons. The van der Waals surface area contributed by atoms with E-state index in [1.54, 1.807) is 17.5 Å². The first-order valence-corrected chi connectivity index (χ1v) is 9.23. The molecule has 2 heterocycles. The number of fused-ring (bicyclic) bond motifs is 1. The number of nitrogens with zero attached hydrogens (tertiary/aromatic N) is 4. The Balaban J connectivity index is 1.81. The minimum atomic E-state index is 0.0525. The van der Waals surface area contributed by atoms with Crippen molar-refractivity contribution in [1.82, 2.24) is 19.7 Å². The highest BCUT2D eigenvalue weighted by Crippen LogP contribution is 2.38. The van der Waals surface area contributed by atoms with Crippen molar-refractivity contribution < 1.29 is 4.79 Å². The van der Waals surface area contributed by atoms with Crippen LogP contribution < -0.4 is 0 Å². The Hall–Kier alpha value is -1.69. The molecule has 1 aliphatic rings. The second-order valence-electron chi connectivity index (χ2n) is 6.09. The summed E-state index contributed by atoms with van der Waals surface area (Å²) in [5.74, 6) is 0.0525. The second-order valence-corrected chi connectivity index (χ2v) is 7.20. The average Bonchev–Trinajstić information content (AvgIpc) is 3.19. The SMILES string of the molecule is CCCn1cc(C(=O)N(C)C2CCCc3nc(CC)sc32)cn1. The number of rotatable bonds is 5. The summed E-state index contributed by atoms with van der Waals surface area (Å²) in [4.78, 5) is 20.7. The van der Waals surface area contributed by atoms with Crippen LogP contribution in [0.4, 0.5) is 0 Å². The zero-order chi connectivity index (χ0) is 16.4. The molecule has 1 atom stereocenters. The van der Waals surface area contributed by atoms with Crippen LogP contribution in [0.3, 0.4) is 0 Å². The van der Waals surface area contributed by atoms with E-state index in [9.17, 15) is 4.79 Å². The molecule has 0 saturated carbocycles. The number of hydrogen-bond donors (Lipinski definition) is 0. The van der Waals surface area contributed by atoms with E-state index in [4.69, 9.17) is 4.98 Å². The third kappa shape index (κ3) is 3.17. The van der Waals surface area contributed by atoms with Gasteiger partial charge in [0.05, 0.1) is 33.4 Å². The number of aromatic nitrogens is 3. The van der Waals surface area contributed by atoms with Crippen molar-refractivity contribution in [2.24, 2.45) is 0 Å². The lowest BCUT2D eigenvalue weighted by atomic mass is 9.96. The summed E-state index contributed by atoms with van der Waals surface area (Å²) in [6.45, 7) is 5.09. The number of amides is 1. The number of hydrogen-bond acceptors (Lipinski definition) is 4. The van der Waals surface area contributed by atoms with Crippen LogP contribution in [0, 0.1) is 0 Å². The van der Waals surface area contributed by atoms with Crippen molar-refractivity contribution in [3.63, 3.8) is 0 Å². The smallest absolute Gasteiger partial charge is 0.257 e. The van der Waals surface area contributed by atoms with E-state index >= 15 is 0 Å². The molecule has 23 heavy (non-hydrogen) atoms. The zero-order valence-corrected chi connectivity index (χ0v) is 14.9. The van der Waals surface area contributed by atoms with Gasteiger partial charge in [-0.25, -0.2) is 4.98 Å². The summed E-state index contributed by atoms with van der Waals surface area (Å²) < 4.78 is 1.84. The Labute approximate surface area is 141 Å². The quantitative estimate of drug-likeness (QED) is 0.842. The number of thiazole rings is 1. The van der Waals surface area contributed by atoms with Crippen LogP contribution in [0.5, 0.6) is 0 Å². The highest BCUT2D eigenvalue weighted by atomic mass is 32.1. The van der Waals surface area contributed by atoms with Gasteiger partial charge in [-0.2, -0.15) is 5.10 Å². The molecular formula is C17H24N4OS. The largest absolute Gasteiger partial charge is 0.334 e. The molecule has 0 aliphatic heterocycles. The molecule has 1 amide bonds. The van der Waals surface area contributed by atoms with Crippen molar-refractivity contribution in [3.05, 3.63) is 33.5 Å². The summed E-state index contributed by atoms with van der Waals surface area (Å²) >= 11 is 1.77. The van der Waals surface area contributed by atoms with Crippen LogP contribution in [-0.4, -0.2) is 32.6 Å². The van der Waals surface area contributed by atoms with Gasteiger partial charge in [-0.1, -0.05) is 13.8 Å². The topological polar surface area (TPSA) is 51.0 Å². The molecule has 0 radical (unpaired) electrons. The van der Waals surface area contributed by atoms with Crippen LogP contribution in [0.1, 0.15) is 65.1 Å². The van der Waals surface area contributed by atoms with Gasteiger partial charge in [0.1, 0.15) is 0 Å². The molecule has 1 aliphatic carbocycles. The summed E-state index contributed by atoms with van der Waals surface area (Å²) in [6.07, 6.45) is 8.67. The van der Waals surface area contributed by atoms with Crippen molar-refractivity contribution in [2.45, 2.75) is 58.5 Å². The monoisotopic (exact) mass is 332 g/mol. The zero-order valence-electron chi connectivity index (χ0n) is 14.1. The van der Waals surface area contributed by atoms with Crippen molar-refractivity contribution in [3.8, 4) is 0 Å². The molecule has 6 heteroatoms. The molecule has 5 nitrogen and oxygen atoms in total. The van der Waals surface area contributed by atoms with Gasteiger partial charge in [-0.3, -0.25) is 9.48 Å². The lowest BCUT2D eigenvalue weighted by molar-refractivity contribution is 0.0718. The fraction of sp³-hybridized carbons (Fsp3) is 0.588. The standard InChI is InChI=1S/C17H24N4OS/c1-4-9-21-11-12(10-18-21)17(22)20(3)14-8-6-7-13-16(14)23-15(5-2)19-13/h10-11,14H,4-9H2,1-3H3. The average molecular weight is 332 g/mol. The first-order chi connectivity index (χ1) is 11.1. The molecule has 0 bridgehead atoms. The lowest BCUT2D eigenvalue weighted by Crippen LogP contribution is -2.32. The third-order valence-electron chi connectivity index (χ3n) is 4.39. The molecule has 0 saturated heterocycles. The fourth-order valence-corrected chi connectivity index (χ4v) is 4.37. The minimum Gasteiger partial charge on any atom is -0.334 e. The number of carbonyl (C=O) groups is 1. The summed E-state index contributed by atoms with van der Waals surface area (Å²) in [7, 11) is 1.91. The van der Waals surface area contributed by atoms with Gasteiger partial charge in [0.25, 0.3) is 5.91 Å². The van der Waals surface area contributed by atoms with Crippen LogP contribution in [0.2, 0.25) is 0 Å². The molecule has 3 rings (SSSR count). The molecule has 2 aromatic rings. The van der Waals surface area contributed by atoms with E-state index in [2.05, 4.69) is 18.9 Å². The van der Waals surface area contributed by atoms with E-state index in [1.807, 2.05) is 22.8 Å². The van der Waals surface area contributed by atoms with Crippen LogP contribution >= 0.6 is 11.3 Å². The van der Waals surface area contributed by atoms with Gasteiger partial charge in [0, 0.05) is 19.8 Å². The predicted octanol–water partition coefficient (Wildman–Crippen LogP) is 3.46. The highest BCUT2D eigenvalue weighted by molar-refractivity contribution is 7.11. The van der Waals surface area contributed by atoms with E-state index in [1.165, 1.54) is 15.6 Å². The third-order valence-corrected chi connectivity index (χ3v) is 5.73. The van der Waals surface area contributed by atoms with Crippen molar-refractivity contribution >= 4 is 17.2 Å². The number of carbonyl (C=O) groups excluding carboxylic acids is 1. The van der Waals surface area contributed by atoms with Crippen LogP contribution in [0.15, 0.2) is 12.4 Å². The Morgan fingerprint density at radius 1 is 1.48 bits per heavy atom. The van der Waals surface area contributed by atoms with E-state index < -0.39 is 0 Å². The Bertz CT molecular complexity index is 691. The van der Waals surface area contributed by atoms with E-state index in [0.29, 0.717) is 5.56 Å².